The fourth-order valence-electron chi connectivity index (χ4n) is 3.52. The number of para-hydroxylation sites is 2. The molecule has 0 radical (unpaired) electrons. The monoisotopic (exact) mass is 315 g/mol. The van der Waals surface area contributed by atoms with Gasteiger partial charge in [-0.1, -0.05) is 25.5 Å². The van der Waals surface area contributed by atoms with Crippen LogP contribution in [-0.4, -0.2) is 42.9 Å². The third-order valence-corrected chi connectivity index (χ3v) is 4.95. The van der Waals surface area contributed by atoms with Crippen molar-refractivity contribution in [3.8, 4) is 0 Å². The molecule has 0 saturated carbocycles. The number of nitrogens with one attached hydrogen (secondary N) is 1. The number of hydrogen-bond acceptors (Lipinski definition) is 3. The van der Waals surface area contributed by atoms with Gasteiger partial charge >= 0.3 is 0 Å². The predicted octanol–water partition coefficient (Wildman–Crippen LogP) is 2.48. The fraction of sp³-hybridized carbons (Fsp3) is 0.556. The number of fused-ring (bicyclic) bond motifs is 1. The molecule has 1 fully saturated rings. The summed E-state index contributed by atoms with van der Waals surface area (Å²) in [6.07, 6.45) is 4.81. The lowest BCUT2D eigenvalue weighted by Gasteiger charge is -2.31. The minimum atomic E-state index is -0.126. The number of likely N-dealkylation sites (tertiary alicyclic amines) is 1. The summed E-state index contributed by atoms with van der Waals surface area (Å²) in [6, 6.07) is 7.49. The number of carbonyl (C=O) groups excluding carboxylic acids is 2. The smallest absolute Gasteiger partial charge is 0.244 e. The minimum Gasteiger partial charge on any atom is -0.323 e. The molecule has 0 bridgehead atoms. The largest absolute Gasteiger partial charge is 0.323 e. The molecule has 3 rings (SSSR count). The van der Waals surface area contributed by atoms with Crippen LogP contribution in [0.25, 0.3) is 0 Å². The Morgan fingerprint density at radius 2 is 2.09 bits per heavy atom. The molecule has 1 aromatic carbocycles. The first kappa shape index (κ1) is 16.0. The van der Waals surface area contributed by atoms with Crippen molar-refractivity contribution < 1.29 is 9.59 Å². The molecular weight excluding hydrogens is 290 g/mol. The zero-order valence-electron chi connectivity index (χ0n) is 13.8. The Balaban J connectivity index is 1.67. The van der Waals surface area contributed by atoms with Crippen molar-refractivity contribution in [1.29, 1.82) is 0 Å². The molecule has 2 heterocycles. The third-order valence-electron chi connectivity index (χ3n) is 4.95. The van der Waals surface area contributed by atoms with Gasteiger partial charge in [0.25, 0.3) is 0 Å². The lowest BCUT2D eigenvalue weighted by atomic mass is 9.98. The molecular formula is C18H25N3O2. The SMILES string of the molecule is CCC1CCCN(CC(=O)N2CC(=O)Nc3ccccc32)CC1. The van der Waals surface area contributed by atoms with Gasteiger partial charge < -0.3 is 5.32 Å². The molecule has 0 aliphatic carbocycles. The van der Waals surface area contributed by atoms with Gasteiger partial charge in [-0.15, -0.1) is 0 Å². The first-order chi connectivity index (χ1) is 11.2. The van der Waals surface area contributed by atoms with E-state index in [-0.39, 0.29) is 18.4 Å². The summed E-state index contributed by atoms with van der Waals surface area (Å²) in [5.41, 5.74) is 1.53. The second-order valence-corrected chi connectivity index (χ2v) is 6.53. The van der Waals surface area contributed by atoms with E-state index in [9.17, 15) is 9.59 Å². The molecule has 0 aromatic heterocycles. The van der Waals surface area contributed by atoms with E-state index in [2.05, 4.69) is 17.1 Å². The van der Waals surface area contributed by atoms with Crippen LogP contribution < -0.4 is 10.2 Å². The van der Waals surface area contributed by atoms with Gasteiger partial charge in [-0.05, 0) is 50.4 Å². The summed E-state index contributed by atoms with van der Waals surface area (Å²) in [5.74, 6) is 0.679. The summed E-state index contributed by atoms with van der Waals surface area (Å²) >= 11 is 0. The van der Waals surface area contributed by atoms with Crippen molar-refractivity contribution in [2.45, 2.75) is 32.6 Å². The van der Waals surface area contributed by atoms with E-state index in [1.54, 1.807) is 4.90 Å². The molecule has 2 aliphatic heterocycles. The van der Waals surface area contributed by atoms with Crippen molar-refractivity contribution in [3.63, 3.8) is 0 Å². The number of rotatable bonds is 3. The zero-order valence-corrected chi connectivity index (χ0v) is 13.8. The Labute approximate surface area is 137 Å². The van der Waals surface area contributed by atoms with Crippen LogP contribution in [0.15, 0.2) is 24.3 Å². The van der Waals surface area contributed by atoms with Crippen LogP contribution in [0.3, 0.4) is 0 Å². The van der Waals surface area contributed by atoms with Gasteiger partial charge in [-0.25, -0.2) is 0 Å². The van der Waals surface area contributed by atoms with E-state index in [1.807, 2.05) is 24.3 Å². The molecule has 1 aromatic rings. The van der Waals surface area contributed by atoms with Crippen LogP contribution in [0.1, 0.15) is 32.6 Å². The topological polar surface area (TPSA) is 52.7 Å². The van der Waals surface area contributed by atoms with Gasteiger partial charge in [-0.2, -0.15) is 0 Å². The van der Waals surface area contributed by atoms with E-state index in [4.69, 9.17) is 0 Å². The Morgan fingerprint density at radius 3 is 2.91 bits per heavy atom. The molecule has 2 amide bonds. The highest BCUT2D eigenvalue weighted by molar-refractivity contribution is 6.10. The lowest BCUT2D eigenvalue weighted by Crippen LogP contribution is -2.46. The Kier molecular flexibility index (Phi) is 4.96. The van der Waals surface area contributed by atoms with Gasteiger partial charge in [0.2, 0.25) is 11.8 Å². The van der Waals surface area contributed by atoms with E-state index >= 15 is 0 Å². The van der Waals surface area contributed by atoms with E-state index in [1.165, 1.54) is 19.3 Å². The second kappa shape index (κ2) is 7.13. The lowest BCUT2D eigenvalue weighted by molar-refractivity contribution is -0.122. The van der Waals surface area contributed by atoms with Crippen LogP contribution >= 0.6 is 0 Å². The summed E-state index contributed by atoms with van der Waals surface area (Å²) in [5, 5.41) is 2.83. The average molecular weight is 315 g/mol. The quantitative estimate of drug-likeness (QED) is 0.932. The number of anilines is 2. The second-order valence-electron chi connectivity index (χ2n) is 6.53. The number of amides is 2. The fourth-order valence-corrected chi connectivity index (χ4v) is 3.52. The van der Waals surface area contributed by atoms with E-state index < -0.39 is 0 Å². The molecule has 5 heteroatoms. The highest BCUT2D eigenvalue weighted by Crippen LogP contribution is 2.29. The first-order valence-corrected chi connectivity index (χ1v) is 8.59. The van der Waals surface area contributed by atoms with Gasteiger partial charge in [0.1, 0.15) is 6.54 Å². The van der Waals surface area contributed by atoms with Crippen LogP contribution in [-0.2, 0) is 9.59 Å². The maximum Gasteiger partial charge on any atom is 0.244 e. The summed E-state index contributed by atoms with van der Waals surface area (Å²) < 4.78 is 0. The number of hydrogen-bond donors (Lipinski definition) is 1. The van der Waals surface area contributed by atoms with Crippen molar-refractivity contribution in [1.82, 2.24) is 4.90 Å². The maximum atomic E-state index is 12.7. The highest BCUT2D eigenvalue weighted by Gasteiger charge is 2.28. The molecule has 1 N–H and O–H groups in total. The van der Waals surface area contributed by atoms with Crippen molar-refractivity contribution in [2.24, 2.45) is 5.92 Å². The molecule has 5 nitrogen and oxygen atoms in total. The number of carbonyl (C=O) groups is 2. The summed E-state index contributed by atoms with van der Waals surface area (Å²) in [6.45, 7) is 4.71. The van der Waals surface area contributed by atoms with Crippen molar-refractivity contribution in [2.75, 3.05) is 36.4 Å². The van der Waals surface area contributed by atoms with Crippen LogP contribution in [0.4, 0.5) is 11.4 Å². The maximum absolute atomic E-state index is 12.7. The van der Waals surface area contributed by atoms with E-state index in [0.717, 1.165) is 36.8 Å². The van der Waals surface area contributed by atoms with E-state index in [0.29, 0.717) is 6.54 Å². The molecule has 23 heavy (non-hydrogen) atoms. The third kappa shape index (κ3) is 3.72. The number of nitrogens with zero attached hydrogens (tertiary/aromatic N) is 2. The van der Waals surface area contributed by atoms with Crippen LogP contribution in [0, 0.1) is 5.92 Å². The van der Waals surface area contributed by atoms with Gasteiger partial charge in [0.05, 0.1) is 17.9 Å². The van der Waals surface area contributed by atoms with Crippen molar-refractivity contribution >= 4 is 23.2 Å². The predicted molar refractivity (Wildman–Crippen MR) is 91.5 cm³/mol. The van der Waals surface area contributed by atoms with Gasteiger partial charge in [0, 0.05) is 0 Å². The Hall–Kier alpha value is -1.88. The first-order valence-electron chi connectivity index (χ1n) is 8.59. The average Bonchev–Trinajstić information content (AvgIpc) is 2.79. The molecule has 124 valence electrons. The molecule has 0 spiro atoms. The highest BCUT2D eigenvalue weighted by atomic mass is 16.2. The molecule has 1 unspecified atom stereocenters. The van der Waals surface area contributed by atoms with Gasteiger partial charge in [-0.3, -0.25) is 19.4 Å². The molecule has 1 saturated heterocycles. The normalized spacial score (nSPS) is 22.2. The van der Waals surface area contributed by atoms with Crippen LogP contribution in [0.2, 0.25) is 0 Å². The zero-order chi connectivity index (χ0) is 16.2. The van der Waals surface area contributed by atoms with Crippen molar-refractivity contribution in [3.05, 3.63) is 24.3 Å². The molecule has 2 aliphatic rings. The van der Waals surface area contributed by atoms with Crippen LogP contribution in [0.5, 0.6) is 0 Å². The number of benzene rings is 1. The Bertz CT molecular complexity index is 587. The van der Waals surface area contributed by atoms with Gasteiger partial charge in [0.15, 0.2) is 0 Å². The molecule has 1 atom stereocenters. The minimum absolute atomic E-state index is 0.0160. The summed E-state index contributed by atoms with van der Waals surface area (Å²) in [4.78, 5) is 28.5. The summed E-state index contributed by atoms with van der Waals surface area (Å²) in [7, 11) is 0. The Morgan fingerprint density at radius 1 is 1.26 bits per heavy atom. The standard InChI is InChI=1S/C18H25N3O2/c1-2-14-6-5-10-20(11-9-14)13-18(23)21-12-17(22)19-15-7-3-4-8-16(15)21/h3-4,7-8,14H,2,5-6,9-13H2,1H3,(H,19,22).